The molecule has 2 fully saturated rings. The van der Waals surface area contributed by atoms with Gasteiger partial charge in [0.2, 0.25) is 0 Å². The van der Waals surface area contributed by atoms with E-state index in [1.165, 1.54) is 19.3 Å². The molecule has 0 aromatic heterocycles. The van der Waals surface area contributed by atoms with Crippen LogP contribution in [-0.4, -0.2) is 19.0 Å². The fraction of sp³-hybridized carbons (Fsp3) is 0.917. The van der Waals surface area contributed by atoms with Crippen molar-refractivity contribution in [2.45, 2.75) is 45.4 Å². The summed E-state index contributed by atoms with van der Waals surface area (Å²) in [4.78, 5) is 11.9. The van der Waals surface area contributed by atoms with Crippen LogP contribution in [0.4, 0.5) is 0 Å². The van der Waals surface area contributed by atoms with Crippen LogP contribution in [0.2, 0.25) is 0 Å². The third-order valence-electron chi connectivity index (χ3n) is 3.78. The van der Waals surface area contributed by atoms with Gasteiger partial charge in [0.05, 0.1) is 6.61 Å². The second-order valence-electron chi connectivity index (χ2n) is 5.22. The molecule has 1 atom stereocenters. The minimum atomic E-state index is 0.209. The summed E-state index contributed by atoms with van der Waals surface area (Å²) in [6.45, 7) is 3.77. The molecule has 0 N–H and O–H groups in total. The molecule has 2 aliphatic rings. The van der Waals surface area contributed by atoms with Crippen molar-refractivity contribution in [3.8, 4) is 0 Å². The van der Waals surface area contributed by atoms with E-state index in [1.54, 1.807) is 0 Å². The van der Waals surface area contributed by atoms with E-state index in [1.807, 2.05) is 0 Å². The molecule has 2 nitrogen and oxygen atoms in total. The van der Waals surface area contributed by atoms with Crippen LogP contribution >= 0.6 is 0 Å². The normalized spacial score (nSPS) is 30.8. The minimum absolute atomic E-state index is 0.209. The Labute approximate surface area is 86.0 Å². The van der Waals surface area contributed by atoms with Crippen molar-refractivity contribution < 1.29 is 9.53 Å². The summed E-state index contributed by atoms with van der Waals surface area (Å²) in [5.41, 5.74) is 0.342. The van der Waals surface area contributed by atoms with Crippen molar-refractivity contribution in [1.29, 1.82) is 0 Å². The van der Waals surface area contributed by atoms with Crippen LogP contribution < -0.4 is 0 Å². The standard InChI is InChI=1S/C12H20O2/c1-12(5-3-6-12)8-11(13)10-4-2-7-14-9-10/h10H,2-9H2,1H3. The maximum Gasteiger partial charge on any atom is 0.138 e. The molecule has 0 radical (unpaired) electrons. The Morgan fingerprint density at radius 2 is 2.21 bits per heavy atom. The van der Waals surface area contributed by atoms with Crippen LogP contribution in [-0.2, 0) is 9.53 Å². The van der Waals surface area contributed by atoms with E-state index in [0.29, 0.717) is 17.8 Å². The molecule has 1 saturated carbocycles. The largest absolute Gasteiger partial charge is 0.381 e. The van der Waals surface area contributed by atoms with Crippen LogP contribution in [0.15, 0.2) is 0 Å². The molecule has 80 valence electrons. The number of carbonyl (C=O) groups is 1. The Morgan fingerprint density at radius 1 is 1.43 bits per heavy atom. The lowest BCUT2D eigenvalue weighted by Gasteiger charge is -2.39. The van der Waals surface area contributed by atoms with Crippen molar-refractivity contribution in [2.24, 2.45) is 11.3 Å². The summed E-state index contributed by atoms with van der Waals surface area (Å²) in [7, 11) is 0. The molecule has 1 heterocycles. The SMILES string of the molecule is CC1(CC(=O)C2CCCOC2)CCC1. The molecule has 0 spiro atoms. The minimum Gasteiger partial charge on any atom is -0.381 e. The smallest absolute Gasteiger partial charge is 0.138 e. The number of carbonyl (C=O) groups excluding carboxylic acids is 1. The quantitative estimate of drug-likeness (QED) is 0.693. The van der Waals surface area contributed by atoms with E-state index in [0.717, 1.165) is 25.9 Å². The van der Waals surface area contributed by atoms with Crippen LogP contribution in [0, 0.1) is 11.3 Å². The Balaban J connectivity index is 1.81. The summed E-state index contributed by atoms with van der Waals surface area (Å²) in [5, 5.41) is 0. The van der Waals surface area contributed by atoms with Crippen LogP contribution in [0.25, 0.3) is 0 Å². The Kier molecular flexibility index (Phi) is 2.91. The van der Waals surface area contributed by atoms with Gasteiger partial charge in [-0.25, -0.2) is 0 Å². The molecular weight excluding hydrogens is 176 g/mol. The molecule has 1 saturated heterocycles. The first kappa shape index (κ1) is 10.2. The predicted molar refractivity (Wildman–Crippen MR) is 55.1 cm³/mol. The molecule has 1 unspecified atom stereocenters. The van der Waals surface area contributed by atoms with Gasteiger partial charge in [0.25, 0.3) is 0 Å². The van der Waals surface area contributed by atoms with Crippen LogP contribution in [0.3, 0.4) is 0 Å². The molecule has 2 heteroatoms. The highest BCUT2D eigenvalue weighted by atomic mass is 16.5. The summed E-state index contributed by atoms with van der Waals surface area (Å²) >= 11 is 0. The zero-order valence-electron chi connectivity index (χ0n) is 9.05. The molecule has 0 aromatic rings. The van der Waals surface area contributed by atoms with E-state index < -0.39 is 0 Å². The molecule has 0 aromatic carbocycles. The van der Waals surface area contributed by atoms with Crippen molar-refractivity contribution in [3.05, 3.63) is 0 Å². The van der Waals surface area contributed by atoms with E-state index >= 15 is 0 Å². The van der Waals surface area contributed by atoms with Gasteiger partial charge in [-0.3, -0.25) is 4.79 Å². The van der Waals surface area contributed by atoms with Gasteiger partial charge < -0.3 is 4.74 Å². The Bertz CT molecular complexity index is 212. The third-order valence-corrected chi connectivity index (χ3v) is 3.78. The van der Waals surface area contributed by atoms with Gasteiger partial charge in [0, 0.05) is 18.9 Å². The Morgan fingerprint density at radius 3 is 2.71 bits per heavy atom. The molecule has 2 rings (SSSR count). The molecule has 1 aliphatic heterocycles. The molecule has 0 amide bonds. The third kappa shape index (κ3) is 2.17. The summed E-state index contributed by atoms with van der Waals surface area (Å²) in [6.07, 6.45) is 6.70. The highest BCUT2D eigenvalue weighted by Gasteiger charge is 2.36. The lowest BCUT2D eigenvalue weighted by Crippen LogP contribution is -2.33. The van der Waals surface area contributed by atoms with Gasteiger partial charge in [-0.1, -0.05) is 13.3 Å². The first-order valence-corrected chi connectivity index (χ1v) is 5.80. The van der Waals surface area contributed by atoms with Gasteiger partial charge in [0.15, 0.2) is 0 Å². The van der Waals surface area contributed by atoms with Gasteiger partial charge in [0.1, 0.15) is 5.78 Å². The van der Waals surface area contributed by atoms with E-state index in [-0.39, 0.29) is 5.92 Å². The van der Waals surface area contributed by atoms with E-state index in [2.05, 4.69) is 6.92 Å². The summed E-state index contributed by atoms with van der Waals surface area (Å²) < 4.78 is 5.35. The molecule has 0 bridgehead atoms. The number of ketones is 1. The maximum atomic E-state index is 11.9. The first-order valence-electron chi connectivity index (χ1n) is 5.80. The number of rotatable bonds is 3. The number of ether oxygens (including phenoxy) is 1. The number of Topliss-reactive ketones (excluding diaryl/α,β-unsaturated/α-hetero) is 1. The summed E-state index contributed by atoms with van der Waals surface area (Å²) in [6, 6.07) is 0. The van der Waals surface area contributed by atoms with Gasteiger partial charge >= 0.3 is 0 Å². The fourth-order valence-corrected chi connectivity index (χ4v) is 2.52. The average Bonchev–Trinajstić information content (AvgIpc) is 2.17. The van der Waals surface area contributed by atoms with Crippen molar-refractivity contribution in [1.82, 2.24) is 0 Å². The molecule has 14 heavy (non-hydrogen) atoms. The molecular formula is C12H20O2. The van der Waals surface area contributed by atoms with Crippen LogP contribution in [0.5, 0.6) is 0 Å². The fourth-order valence-electron chi connectivity index (χ4n) is 2.52. The highest BCUT2D eigenvalue weighted by Crippen LogP contribution is 2.44. The lowest BCUT2D eigenvalue weighted by atomic mass is 9.66. The van der Waals surface area contributed by atoms with Crippen LogP contribution in [0.1, 0.15) is 45.4 Å². The van der Waals surface area contributed by atoms with Gasteiger partial charge in [-0.05, 0) is 31.1 Å². The predicted octanol–water partition coefficient (Wildman–Crippen LogP) is 2.56. The van der Waals surface area contributed by atoms with Crippen molar-refractivity contribution in [3.63, 3.8) is 0 Å². The van der Waals surface area contributed by atoms with E-state index in [4.69, 9.17) is 4.74 Å². The maximum absolute atomic E-state index is 11.9. The zero-order valence-corrected chi connectivity index (χ0v) is 9.05. The second kappa shape index (κ2) is 4.01. The highest BCUT2D eigenvalue weighted by molar-refractivity contribution is 5.81. The zero-order chi connectivity index (χ0) is 10.0. The van der Waals surface area contributed by atoms with Crippen molar-refractivity contribution >= 4 is 5.78 Å². The second-order valence-corrected chi connectivity index (χ2v) is 5.22. The average molecular weight is 196 g/mol. The Hall–Kier alpha value is -0.370. The van der Waals surface area contributed by atoms with Crippen molar-refractivity contribution in [2.75, 3.05) is 13.2 Å². The topological polar surface area (TPSA) is 26.3 Å². The lowest BCUT2D eigenvalue weighted by molar-refractivity contribution is -0.130. The first-order chi connectivity index (χ1) is 6.70. The number of hydrogen-bond acceptors (Lipinski definition) is 2. The van der Waals surface area contributed by atoms with Gasteiger partial charge in [-0.15, -0.1) is 0 Å². The monoisotopic (exact) mass is 196 g/mol. The van der Waals surface area contributed by atoms with Gasteiger partial charge in [-0.2, -0.15) is 0 Å². The number of hydrogen-bond donors (Lipinski definition) is 0. The van der Waals surface area contributed by atoms with E-state index in [9.17, 15) is 4.79 Å². The molecule has 1 aliphatic carbocycles. The summed E-state index contributed by atoms with van der Waals surface area (Å²) in [5.74, 6) is 0.660.